The first kappa shape index (κ1) is 14.2. The second-order valence-corrected chi connectivity index (χ2v) is 8.68. The zero-order chi connectivity index (χ0) is 13.1. The van der Waals surface area contributed by atoms with Gasteiger partial charge in [0.15, 0.2) is 0 Å². The van der Waals surface area contributed by atoms with Gasteiger partial charge in [-0.1, -0.05) is 26.2 Å². The van der Waals surface area contributed by atoms with Crippen molar-refractivity contribution in [3.63, 3.8) is 0 Å². The van der Waals surface area contributed by atoms with Gasteiger partial charge in [-0.25, -0.2) is 0 Å². The number of thioether (sulfide) groups is 1. The number of hydrogen-bond donors (Lipinski definition) is 1. The highest BCUT2D eigenvalue weighted by molar-refractivity contribution is 7.99. The highest BCUT2D eigenvalue weighted by Gasteiger charge is 2.36. The summed E-state index contributed by atoms with van der Waals surface area (Å²) < 4.78 is 0. The van der Waals surface area contributed by atoms with E-state index in [2.05, 4.69) is 28.9 Å². The third kappa shape index (κ3) is 4.12. The predicted molar refractivity (Wildman–Crippen MR) is 84.9 cm³/mol. The van der Waals surface area contributed by atoms with Gasteiger partial charge in [0, 0.05) is 43.2 Å². The molecule has 3 aliphatic rings. The minimum Gasteiger partial charge on any atom is -0.313 e. The number of nitrogens with zero attached hydrogens (tertiary/aromatic N) is 1. The number of hydrogen-bond acceptors (Lipinski definition) is 3. The van der Waals surface area contributed by atoms with Crippen LogP contribution in [-0.2, 0) is 0 Å². The van der Waals surface area contributed by atoms with Gasteiger partial charge >= 0.3 is 0 Å². The summed E-state index contributed by atoms with van der Waals surface area (Å²) in [6.45, 7) is 7.68. The monoisotopic (exact) mass is 282 g/mol. The van der Waals surface area contributed by atoms with Crippen LogP contribution >= 0.6 is 11.8 Å². The molecule has 1 aliphatic heterocycles. The van der Waals surface area contributed by atoms with E-state index in [1.165, 1.54) is 76.9 Å². The molecule has 1 N–H and O–H groups in total. The van der Waals surface area contributed by atoms with Gasteiger partial charge in [0.1, 0.15) is 0 Å². The fourth-order valence-electron chi connectivity index (χ4n) is 3.85. The molecule has 0 radical (unpaired) electrons. The molecule has 2 nitrogen and oxygen atoms in total. The van der Waals surface area contributed by atoms with Crippen LogP contribution < -0.4 is 5.32 Å². The molecule has 0 aromatic heterocycles. The molecule has 0 spiro atoms. The van der Waals surface area contributed by atoms with Gasteiger partial charge < -0.3 is 10.2 Å². The van der Waals surface area contributed by atoms with Crippen molar-refractivity contribution in [2.75, 3.05) is 31.9 Å². The lowest BCUT2D eigenvalue weighted by molar-refractivity contribution is 0.104. The summed E-state index contributed by atoms with van der Waals surface area (Å²) >= 11 is 2.15. The summed E-state index contributed by atoms with van der Waals surface area (Å²) in [5.41, 5.74) is 0.600. The Morgan fingerprint density at radius 3 is 2.68 bits per heavy atom. The SMILES string of the molecule is CC1CN(CC2(CNC3CC3)CCCCC2)CCS1. The van der Waals surface area contributed by atoms with Crippen LogP contribution in [0, 0.1) is 5.41 Å². The smallest absolute Gasteiger partial charge is 0.0147 e. The molecule has 2 saturated carbocycles. The molecule has 1 saturated heterocycles. The van der Waals surface area contributed by atoms with E-state index in [9.17, 15) is 0 Å². The second-order valence-electron chi connectivity index (χ2n) is 7.13. The predicted octanol–water partition coefficient (Wildman–Crippen LogP) is 3.13. The molecule has 0 bridgehead atoms. The lowest BCUT2D eigenvalue weighted by Crippen LogP contribution is -2.49. The zero-order valence-electron chi connectivity index (χ0n) is 12.5. The molecule has 0 amide bonds. The van der Waals surface area contributed by atoms with Crippen molar-refractivity contribution in [2.45, 2.75) is 63.2 Å². The summed E-state index contributed by atoms with van der Waals surface area (Å²) in [6.07, 6.45) is 10.2. The van der Waals surface area contributed by atoms with Gasteiger partial charge in [0.25, 0.3) is 0 Å². The largest absolute Gasteiger partial charge is 0.313 e. The molecule has 110 valence electrons. The van der Waals surface area contributed by atoms with E-state index in [-0.39, 0.29) is 0 Å². The van der Waals surface area contributed by atoms with Crippen molar-refractivity contribution in [1.82, 2.24) is 10.2 Å². The van der Waals surface area contributed by atoms with Gasteiger partial charge in [-0.2, -0.15) is 11.8 Å². The van der Waals surface area contributed by atoms with Crippen LogP contribution in [0.25, 0.3) is 0 Å². The van der Waals surface area contributed by atoms with Crippen LogP contribution in [-0.4, -0.2) is 48.1 Å². The molecule has 0 aromatic carbocycles. The maximum atomic E-state index is 3.84. The Hall–Kier alpha value is 0.270. The van der Waals surface area contributed by atoms with E-state index in [0.717, 1.165) is 11.3 Å². The van der Waals surface area contributed by atoms with Crippen LogP contribution in [0.5, 0.6) is 0 Å². The Morgan fingerprint density at radius 1 is 1.21 bits per heavy atom. The topological polar surface area (TPSA) is 15.3 Å². The van der Waals surface area contributed by atoms with Crippen molar-refractivity contribution in [3.05, 3.63) is 0 Å². The van der Waals surface area contributed by atoms with E-state index in [4.69, 9.17) is 0 Å². The van der Waals surface area contributed by atoms with Crippen molar-refractivity contribution in [2.24, 2.45) is 5.41 Å². The fourth-order valence-corrected chi connectivity index (χ4v) is 4.93. The highest BCUT2D eigenvalue weighted by atomic mass is 32.2. The average molecular weight is 282 g/mol. The minimum atomic E-state index is 0.600. The lowest BCUT2D eigenvalue weighted by Gasteiger charge is -2.43. The molecule has 1 heterocycles. The summed E-state index contributed by atoms with van der Waals surface area (Å²) in [7, 11) is 0. The van der Waals surface area contributed by atoms with Crippen molar-refractivity contribution in [3.8, 4) is 0 Å². The molecular formula is C16H30N2S. The third-order valence-electron chi connectivity index (χ3n) is 5.14. The Balaban J connectivity index is 1.56. The summed E-state index contributed by atoms with van der Waals surface area (Å²) in [5, 5.41) is 4.67. The Bertz CT molecular complexity index is 284. The van der Waals surface area contributed by atoms with Gasteiger partial charge in [-0.15, -0.1) is 0 Å². The Kier molecular flexibility index (Phi) is 4.76. The zero-order valence-corrected chi connectivity index (χ0v) is 13.3. The maximum Gasteiger partial charge on any atom is 0.0147 e. The third-order valence-corrected chi connectivity index (χ3v) is 6.28. The normalized spacial score (nSPS) is 32.4. The lowest BCUT2D eigenvalue weighted by atomic mass is 9.73. The van der Waals surface area contributed by atoms with Crippen LogP contribution in [0.3, 0.4) is 0 Å². The van der Waals surface area contributed by atoms with E-state index in [1.807, 2.05) is 0 Å². The first-order chi connectivity index (χ1) is 9.26. The molecule has 1 unspecified atom stereocenters. The Labute approximate surface area is 123 Å². The molecule has 3 heteroatoms. The summed E-state index contributed by atoms with van der Waals surface area (Å²) in [6, 6.07) is 0.870. The molecule has 3 fully saturated rings. The van der Waals surface area contributed by atoms with Crippen LogP contribution in [0.1, 0.15) is 51.9 Å². The standard InChI is InChI=1S/C16H30N2S/c1-14-11-18(9-10-19-14)13-16(7-3-2-4-8-16)12-17-15-5-6-15/h14-15,17H,2-13H2,1H3. The van der Waals surface area contributed by atoms with Crippen LogP contribution in [0.2, 0.25) is 0 Å². The van der Waals surface area contributed by atoms with E-state index in [1.54, 1.807) is 0 Å². The molecule has 19 heavy (non-hydrogen) atoms. The van der Waals surface area contributed by atoms with E-state index >= 15 is 0 Å². The van der Waals surface area contributed by atoms with Crippen LogP contribution in [0.4, 0.5) is 0 Å². The van der Waals surface area contributed by atoms with E-state index < -0.39 is 0 Å². The second kappa shape index (κ2) is 6.36. The first-order valence-corrected chi connectivity index (χ1v) is 9.38. The van der Waals surface area contributed by atoms with Crippen molar-refractivity contribution < 1.29 is 0 Å². The van der Waals surface area contributed by atoms with Gasteiger partial charge in [-0.3, -0.25) is 0 Å². The van der Waals surface area contributed by atoms with Gasteiger partial charge in [0.05, 0.1) is 0 Å². The summed E-state index contributed by atoms with van der Waals surface area (Å²) in [5.74, 6) is 1.34. The highest BCUT2D eigenvalue weighted by Crippen LogP contribution is 2.38. The van der Waals surface area contributed by atoms with Crippen molar-refractivity contribution in [1.29, 1.82) is 0 Å². The minimum absolute atomic E-state index is 0.600. The molecule has 2 aliphatic carbocycles. The first-order valence-electron chi connectivity index (χ1n) is 8.33. The van der Waals surface area contributed by atoms with Gasteiger partial charge in [0.2, 0.25) is 0 Å². The molecule has 1 atom stereocenters. The number of nitrogens with one attached hydrogen (secondary N) is 1. The fraction of sp³-hybridized carbons (Fsp3) is 1.00. The van der Waals surface area contributed by atoms with Gasteiger partial charge in [-0.05, 0) is 31.1 Å². The Morgan fingerprint density at radius 2 is 2.00 bits per heavy atom. The molecule has 3 rings (SSSR count). The average Bonchev–Trinajstić information content (AvgIpc) is 3.22. The molecule has 0 aromatic rings. The molecular weight excluding hydrogens is 252 g/mol. The summed E-state index contributed by atoms with van der Waals surface area (Å²) in [4.78, 5) is 2.76. The van der Waals surface area contributed by atoms with Crippen molar-refractivity contribution >= 4 is 11.8 Å². The van der Waals surface area contributed by atoms with E-state index in [0.29, 0.717) is 5.41 Å². The van der Waals surface area contributed by atoms with Crippen LogP contribution in [0.15, 0.2) is 0 Å². The maximum absolute atomic E-state index is 3.84. The number of rotatable bonds is 5. The quantitative estimate of drug-likeness (QED) is 0.834.